The molecule has 0 fully saturated rings. The topological polar surface area (TPSA) is 93.2 Å². The molecule has 0 aliphatic rings. The van der Waals surface area contributed by atoms with Gasteiger partial charge in [-0.15, -0.1) is 0 Å². The Balaban J connectivity index is 1.80. The lowest BCUT2D eigenvalue weighted by atomic mass is 10.1. The summed E-state index contributed by atoms with van der Waals surface area (Å²) in [6.45, 7) is 4.00. The van der Waals surface area contributed by atoms with Crippen molar-refractivity contribution in [2.45, 2.75) is 20.3 Å². The fourth-order valence-electron chi connectivity index (χ4n) is 2.92. The first-order valence-corrected chi connectivity index (χ1v) is 9.19. The van der Waals surface area contributed by atoms with E-state index in [-0.39, 0.29) is 11.6 Å². The van der Waals surface area contributed by atoms with Crippen LogP contribution in [0.2, 0.25) is 0 Å². The number of benzene rings is 2. The minimum atomic E-state index is -0.429. The van der Waals surface area contributed by atoms with Gasteiger partial charge in [-0.1, -0.05) is 31.2 Å². The molecule has 7 nitrogen and oxygen atoms in total. The van der Waals surface area contributed by atoms with E-state index in [4.69, 9.17) is 4.74 Å². The number of methoxy groups -OCH3 is 1. The Labute approximate surface area is 169 Å². The van der Waals surface area contributed by atoms with Crippen LogP contribution in [0.15, 0.2) is 54.9 Å². The highest BCUT2D eigenvalue weighted by Crippen LogP contribution is 2.22. The van der Waals surface area contributed by atoms with Crippen molar-refractivity contribution in [2.24, 2.45) is 0 Å². The van der Waals surface area contributed by atoms with Crippen LogP contribution < -0.4 is 10.6 Å². The number of ether oxygens (including phenoxy) is 1. The molecule has 3 aromatic rings. The number of hydrogen-bond acceptors (Lipinski definition) is 6. The molecule has 3 rings (SSSR count). The van der Waals surface area contributed by atoms with Crippen molar-refractivity contribution in [3.8, 4) is 0 Å². The van der Waals surface area contributed by atoms with E-state index < -0.39 is 5.97 Å². The number of nitrogens with zero attached hydrogens (tertiary/aromatic N) is 2. The Bertz CT molecular complexity index is 1050. The van der Waals surface area contributed by atoms with E-state index in [0.29, 0.717) is 17.1 Å². The molecule has 0 saturated heterocycles. The molecule has 7 heteroatoms. The van der Waals surface area contributed by atoms with Crippen LogP contribution in [0, 0.1) is 6.92 Å². The molecule has 0 aliphatic heterocycles. The summed E-state index contributed by atoms with van der Waals surface area (Å²) >= 11 is 0. The highest BCUT2D eigenvalue weighted by molar-refractivity contribution is 6.04. The van der Waals surface area contributed by atoms with E-state index in [1.54, 1.807) is 30.3 Å². The number of rotatable bonds is 6. The molecule has 0 aliphatic carbocycles. The Morgan fingerprint density at radius 2 is 1.86 bits per heavy atom. The number of esters is 1. The largest absolute Gasteiger partial charge is 0.465 e. The van der Waals surface area contributed by atoms with Gasteiger partial charge in [0, 0.05) is 17.4 Å². The number of anilines is 3. The maximum Gasteiger partial charge on any atom is 0.337 e. The summed E-state index contributed by atoms with van der Waals surface area (Å²) in [5.41, 5.74) is 4.15. The van der Waals surface area contributed by atoms with E-state index in [2.05, 4.69) is 20.6 Å². The van der Waals surface area contributed by atoms with Crippen molar-refractivity contribution in [1.29, 1.82) is 0 Å². The van der Waals surface area contributed by atoms with Crippen LogP contribution in [0.25, 0.3) is 0 Å². The average Bonchev–Trinajstić information content (AvgIpc) is 2.74. The monoisotopic (exact) mass is 390 g/mol. The smallest absolute Gasteiger partial charge is 0.337 e. The molecular formula is C22H22N4O3. The van der Waals surface area contributed by atoms with Gasteiger partial charge in [-0.3, -0.25) is 4.79 Å². The lowest BCUT2D eigenvalue weighted by molar-refractivity contribution is 0.0600. The van der Waals surface area contributed by atoms with Gasteiger partial charge in [0.05, 0.1) is 12.7 Å². The summed E-state index contributed by atoms with van der Waals surface area (Å²) in [6, 6.07) is 14.3. The molecule has 148 valence electrons. The highest BCUT2D eigenvalue weighted by atomic mass is 16.5. The second-order valence-corrected chi connectivity index (χ2v) is 6.40. The van der Waals surface area contributed by atoms with Crippen molar-refractivity contribution in [1.82, 2.24) is 9.97 Å². The lowest BCUT2D eigenvalue weighted by Gasteiger charge is -2.13. The molecule has 0 spiro atoms. The third-order valence-electron chi connectivity index (χ3n) is 4.43. The van der Waals surface area contributed by atoms with E-state index in [1.165, 1.54) is 13.4 Å². The quantitative estimate of drug-likeness (QED) is 0.615. The van der Waals surface area contributed by atoms with Gasteiger partial charge >= 0.3 is 5.97 Å². The van der Waals surface area contributed by atoms with Crippen LogP contribution in [0.5, 0.6) is 0 Å². The van der Waals surface area contributed by atoms with Crippen molar-refractivity contribution in [3.63, 3.8) is 0 Å². The van der Waals surface area contributed by atoms with Crippen molar-refractivity contribution in [3.05, 3.63) is 77.2 Å². The van der Waals surface area contributed by atoms with Crippen LogP contribution in [0.3, 0.4) is 0 Å². The Morgan fingerprint density at radius 3 is 2.62 bits per heavy atom. The minimum absolute atomic E-state index is 0.233. The van der Waals surface area contributed by atoms with Gasteiger partial charge in [0.2, 0.25) is 0 Å². The fourth-order valence-corrected chi connectivity index (χ4v) is 2.92. The van der Waals surface area contributed by atoms with Crippen LogP contribution in [-0.2, 0) is 11.2 Å². The normalized spacial score (nSPS) is 10.3. The molecule has 1 heterocycles. The SMILES string of the molecule is CCc1cccc(C)c1NC(=O)c1cc(Nc2cccc(C(=O)OC)c2)ncn1. The first-order valence-electron chi connectivity index (χ1n) is 9.19. The fraction of sp³-hybridized carbons (Fsp3) is 0.182. The van der Waals surface area contributed by atoms with Crippen LogP contribution >= 0.6 is 0 Å². The van der Waals surface area contributed by atoms with Crippen LogP contribution in [0.4, 0.5) is 17.2 Å². The van der Waals surface area contributed by atoms with Crippen LogP contribution in [-0.4, -0.2) is 29.0 Å². The van der Waals surface area contributed by atoms with Gasteiger partial charge in [0.15, 0.2) is 0 Å². The first-order chi connectivity index (χ1) is 14.0. The summed E-state index contributed by atoms with van der Waals surface area (Å²) in [7, 11) is 1.33. The number of aryl methyl sites for hydroxylation is 2. The third kappa shape index (κ3) is 4.76. The Morgan fingerprint density at radius 1 is 1.07 bits per heavy atom. The second-order valence-electron chi connectivity index (χ2n) is 6.40. The van der Waals surface area contributed by atoms with Crippen molar-refractivity contribution >= 4 is 29.1 Å². The van der Waals surface area contributed by atoms with Gasteiger partial charge in [-0.2, -0.15) is 0 Å². The van der Waals surface area contributed by atoms with Gasteiger partial charge in [-0.05, 0) is 42.7 Å². The first kappa shape index (κ1) is 20.0. The predicted octanol–water partition coefficient (Wildman–Crippen LogP) is 4.13. The summed E-state index contributed by atoms with van der Waals surface area (Å²) in [6.07, 6.45) is 2.13. The number of carbonyl (C=O) groups excluding carboxylic acids is 2. The molecule has 2 N–H and O–H groups in total. The number of nitrogens with one attached hydrogen (secondary N) is 2. The number of para-hydroxylation sites is 1. The highest BCUT2D eigenvalue weighted by Gasteiger charge is 2.13. The molecular weight excluding hydrogens is 368 g/mol. The maximum absolute atomic E-state index is 12.7. The number of amides is 1. The van der Waals surface area contributed by atoms with E-state index >= 15 is 0 Å². The summed E-state index contributed by atoms with van der Waals surface area (Å²) in [4.78, 5) is 32.7. The van der Waals surface area contributed by atoms with Gasteiger partial charge in [-0.25, -0.2) is 14.8 Å². The molecule has 0 radical (unpaired) electrons. The molecule has 0 unspecified atom stereocenters. The van der Waals surface area contributed by atoms with Crippen LogP contribution in [0.1, 0.15) is 38.9 Å². The number of aromatic nitrogens is 2. The van der Waals surface area contributed by atoms with E-state index in [0.717, 1.165) is 23.2 Å². The molecule has 0 saturated carbocycles. The van der Waals surface area contributed by atoms with E-state index in [1.807, 2.05) is 32.0 Å². The van der Waals surface area contributed by atoms with E-state index in [9.17, 15) is 9.59 Å². The number of hydrogen-bond donors (Lipinski definition) is 2. The summed E-state index contributed by atoms with van der Waals surface area (Å²) < 4.78 is 4.73. The zero-order valence-electron chi connectivity index (χ0n) is 16.5. The lowest BCUT2D eigenvalue weighted by Crippen LogP contribution is -2.16. The van der Waals surface area contributed by atoms with Gasteiger partial charge < -0.3 is 15.4 Å². The van der Waals surface area contributed by atoms with Gasteiger partial charge in [0.1, 0.15) is 17.8 Å². The molecule has 29 heavy (non-hydrogen) atoms. The van der Waals surface area contributed by atoms with Crippen molar-refractivity contribution < 1.29 is 14.3 Å². The zero-order chi connectivity index (χ0) is 20.8. The third-order valence-corrected chi connectivity index (χ3v) is 4.43. The standard InChI is InChI=1S/C22H22N4O3/c1-4-15-8-5-7-14(2)20(15)26-21(27)18-12-19(24-13-23-18)25-17-10-6-9-16(11-17)22(28)29-3/h5-13H,4H2,1-3H3,(H,26,27)(H,23,24,25). The minimum Gasteiger partial charge on any atom is -0.465 e. The number of carbonyl (C=O) groups is 2. The predicted molar refractivity (Wildman–Crippen MR) is 112 cm³/mol. The van der Waals surface area contributed by atoms with Crippen molar-refractivity contribution in [2.75, 3.05) is 17.7 Å². The molecule has 1 aromatic heterocycles. The Hall–Kier alpha value is -3.74. The average molecular weight is 390 g/mol. The molecule has 1 amide bonds. The Kier molecular flexibility index (Phi) is 6.19. The summed E-state index contributed by atoms with van der Waals surface area (Å²) in [5, 5.41) is 6.03. The second kappa shape index (κ2) is 8.97. The molecule has 2 aromatic carbocycles. The molecule has 0 atom stereocenters. The summed E-state index contributed by atoms with van der Waals surface area (Å²) in [5.74, 6) is -0.309. The zero-order valence-corrected chi connectivity index (χ0v) is 16.5. The molecule has 0 bridgehead atoms. The maximum atomic E-state index is 12.7. The van der Waals surface area contributed by atoms with Gasteiger partial charge in [0.25, 0.3) is 5.91 Å².